The first-order valence-corrected chi connectivity index (χ1v) is 15.2. The first-order valence-electron chi connectivity index (χ1n) is 15.2. The van der Waals surface area contributed by atoms with Crippen LogP contribution < -0.4 is 15.4 Å². The normalized spacial score (nSPS) is 13.6. The second kappa shape index (κ2) is 20.3. The first kappa shape index (κ1) is 41.9. The molecule has 1 atom stereocenters. The zero-order chi connectivity index (χ0) is 36.6. The van der Waals surface area contributed by atoms with Gasteiger partial charge in [0.1, 0.15) is 12.9 Å². The SMILES string of the molecule is CNCc1cc(C)ccc1C.COC(C)(C)C.O=CCC(NC(=O)C1CCN(C(=O)C=O)CC1)C(=O)COc1c(F)c(F)cc(F)c1F. The summed E-state index contributed by atoms with van der Waals surface area (Å²) in [6.07, 6.45) is 0.442. The molecular weight excluding hydrogens is 638 g/mol. The number of rotatable bonds is 11. The summed E-state index contributed by atoms with van der Waals surface area (Å²) in [7, 11) is 3.68. The molecule has 3 rings (SSSR count). The van der Waals surface area contributed by atoms with Crippen LogP contribution in [0, 0.1) is 43.0 Å². The topological polar surface area (TPSA) is 131 Å². The fourth-order valence-corrected chi connectivity index (χ4v) is 4.20. The van der Waals surface area contributed by atoms with E-state index >= 15 is 0 Å². The maximum atomic E-state index is 13.6. The van der Waals surface area contributed by atoms with E-state index in [4.69, 9.17) is 4.74 Å². The van der Waals surface area contributed by atoms with E-state index in [-0.39, 0.29) is 43.9 Å². The summed E-state index contributed by atoms with van der Waals surface area (Å²) in [5, 5.41) is 5.48. The van der Waals surface area contributed by atoms with Gasteiger partial charge in [0, 0.05) is 45.1 Å². The zero-order valence-corrected chi connectivity index (χ0v) is 28.4. The number of ether oxygens (including phenoxy) is 2. The molecule has 1 aliphatic rings. The first-order chi connectivity index (χ1) is 22.5. The van der Waals surface area contributed by atoms with E-state index in [0.29, 0.717) is 6.29 Å². The second-order valence-electron chi connectivity index (χ2n) is 12.0. The quantitative estimate of drug-likeness (QED) is 0.156. The van der Waals surface area contributed by atoms with Crippen molar-refractivity contribution < 1.29 is 51.0 Å². The number of hydrogen-bond donors (Lipinski definition) is 2. The summed E-state index contributed by atoms with van der Waals surface area (Å²) in [4.78, 5) is 58.6. The van der Waals surface area contributed by atoms with Gasteiger partial charge in [0.05, 0.1) is 11.6 Å². The highest BCUT2D eigenvalue weighted by molar-refractivity contribution is 6.23. The Kier molecular flexibility index (Phi) is 17.7. The molecule has 0 spiro atoms. The molecule has 2 aromatic rings. The number of carbonyl (C=O) groups is 5. The number of nitrogens with zero attached hydrogens (tertiary/aromatic N) is 1. The third kappa shape index (κ3) is 13.9. The Balaban J connectivity index is 0.000000552. The van der Waals surface area contributed by atoms with E-state index in [1.54, 1.807) is 7.11 Å². The van der Waals surface area contributed by atoms with Crippen LogP contribution >= 0.6 is 0 Å². The molecule has 14 heteroatoms. The lowest BCUT2D eigenvalue weighted by Gasteiger charge is -2.30. The molecule has 0 bridgehead atoms. The van der Waals surface area contributed by atoms with Crippen LogP contribution in [0.1, 0.15) is 56.7 Å². The van der Waals surface area contributed by atoms with Gasteiger partial charge in [0.2, 0.25) is 23.8 Å². The molecule has 0 saturated carbocycles. The highest BCUT2D eigenvalue weighted by Crippen LogP contribution is 2.26. The third-order valence-electron chi connectivity index (χ3n) is 7.23. The van der Waals surface area contributed by atoms with E-state index in [0.717, 1.165) is 6.54 Å². The number of benzene rings is 2. The average Bonchev–Trinajstić information content (AvgIpc) is 3.05. The van der Waals surface area contributed by atoms with Crippen LogP contribution in [0.15, 0.2) is 24.3 Å². The summed E-state index contributed by atoms with van der Waals surface area (Å²) < 4.78 is 63.2. The van der Waals surface area contributed by atoms with E-state index < -0.39 is 71.6 Å². The summed E-state index contributed by atoms with van der Waals surface area (Å²) in [6.45, 7) is 10.5. The number of methoxy groups -OCH3 is 1. The molecule has 0 radical (unpaired) electrons. The number of carbonyl (C=O) groups excluding carboxylic acids is 5. The molecule has 0 aromatic heterocycles. The Morgan fingerprint density at radius 3 is 2.04 bits per heavy atom. The van der Waals surface area contributed by atoms with Crippen molar-refractivity contribution in [2.24, 2.45) is 5.92 Å². The largest absolute Gasteiger partial charge is 0.479 e. The van der Waals surface area contributed by atoms with Crippen molar-refractivity contribution in [3.8, 4) is 5.75 Å². The number of ketones is 1. The number of likely N-dealkylation sites (tertiary alicyclic amines) is 1. The minimum absolute atomic E-state index is 0.0251. The maximum Gasteiger partial charge on any atom is 0.286 e. The monoisotopic (exact) mass is 683 g/mol. The Hall–Kier alpha value is -4.17. The fraction of sp³-hybridized carbons (Fsp3) is 0.500. The van der Waals surface area contributed by atoms with Gasteiger partial charge in [-0.2, -0.15) is 8.78 Å². The predicted molar refractivity (Wildman–Crippen MR) is 170 cm³/mol. The molecule has 1 aliphatic heterocycles. The Bertz CT molecular complexity index is 1380. The van der Waals surface area contributed by atoms with Gasteiger partial charge in [-0.3, -0.25) is 19.2 Å². The predicted octanol–water partition coefficient (Wildman–Crippen LogP) is 4.16. The number of piperidine rings is 1. The highest BCUT2D eigenvalue weighted by Gasteiger charge is 2.30. The molecular formula is C34H45F4N3O7. The van der Waals surface area contributed by atoms with Crippen molar-refractivity contribution in [2.75, 3.05) is 33.9 Å². The van der Waals surface area contributed by atoms with Gasteiger partial charge in [-0.15, -0.1) is 0 Å². The van der Waals surface area contributed by atoms with Crippen LogP contribution in [0.3, 0.4) is 0 Å². The molecule has 2 aromatic carbocycles. The van der Waals surface area contributed by atoms with Crippen LogP contribution in [0.5, 0.6) is 5.75 Å². The van der Waals surface area contributed by atoms with Crippen molar-refractivity contribution in [3.05, 3.63) is 64.2 Å². The maximum absolute atomic E-state index is 13.6. The smallest absolute Gasteiger partial charge is 0.286 e. The Morgan fingerprint density at radius 2 is 1.56 bits per heavy atom. The van der Waals surface area contributed by atoms with Crippen LogP contribution in [0.2, 0.25) is 0 Å². The molecule has 10 nitrogen and oxygen atoms in total. The van der Waals surface area contributed by atoms with Crippen molar-refractivity contribution in [1.29, 1.82) is 0 Å². The number of hydrogen-bond acceptors (Lipinski definition) is 8. The Labute approximate surface area is 278 Å². The third-order valence-corrected chi connectivity index (χ3v) is 7.23. The molecule has 1 fully saturated rings. The summed E-state index contributed by atoms with van der Waals surface area (Å²) >= 11 is 0. The van der Waals surface area contributed by atoms with E-state index in [9.17, 15) is 41.5 Å². The van der Waals surface area contributed by atoms with E-state index in [2.05, 4.69) is 47.4 Å². The number of Topliss-reactive ketones (excluding diaryl/α,β-unsaturated/α-hetero) is 1. The van der Waals surface area contributed by atoms with Gasteiger partial charge in [-0.1, -0.05) is 23.8 Å². The number of amides is 2. The van der Waals surface area contributed by atoms with Crippen LogP contribution in [-0.2, 0) is 35.3 Å². The van der Waals surface area contributed by atoms with Crippen molar-refractivity contribution in [2.45, 2.75) is 72.1 Å². The van der Waals surface area contributed by atoms with Crippen LogP contribution in [0.25, 0.3) is 0 Å². The van der Waals surface area contributed by atoms with Gasteiger partial charge in [0.25, 0.3) is 5.91 Å². The molecule has 1 unspecified atom stereocenters. The lowest BCUT2D eigenvalue weighted by Crippen LogP contribution is -2.48. The number of aryl methyl sites for hydroxylation is 2. The Morgan fingerprint density at radius 1 is 1.00 bits per heavy atom. The average molecular weight is 684 g/mol. The lowest BCUT2D eigenvalue weighted by atomic mass is 9.95. The standard InChI is InChI=1S/C19H18F4N2O6.C10H15N.C5H12O/c20-11-7-12(21)17(23)18(16(11)22)31-9-14(28)13(3-6-26)24-19(30)10-1-4-25(5-2-10)15(29)8-27;1-8-4-5-9(2)10(6-8)7-11-3;1-5(2,3)6-4/h6-8,10,13H,1-5,9H2,(H,24,30);4-6,11H,7H2,1-3H3;1-4H3. The number of aldehydes is 2. The zero-order valence-electron chi connectivity index (χ0n) is 28.4. The second-order valence-corrected chi connectivity index (χ2v) is 12.0. The summed E-state index contributed by atoms with van der Waals surface area (Å²) in [6, 6.07) is 5.12. The minimum Gasteiger partial charge on any atom is -0.479 e. The molecule has 2 N–H and O–H groups in total. The van der Waals surface area contributed by atoms with E-state index in [1.807, 2.05) is 27.8 Å². The summed E-state index contributed by atoms with van der Waals surface area (Å²) in [5.41, 5.74) is 4.14. The number of nitrogens with one attached hydrogen (secondary N) is 2. The van der Waals surface area contributed by atoms with Crippen molar-refractivity contribution in [3.63, 3.8) is 0 Å². The van der Waals surface area contributed by atoms with Gasteiger partial charge in [0.15, 0.2) is 23.2 Å². The molecule has 1 saturated heterocycles. The highest BCUT2D eigenvalue weighted by atomic mass is 19.2. The minimum atomic E-state index is -1.83. The van der Waals surface area contributed by atoms with Crippen molar-refractivity contribution in [1.82, 2.24) is 15.5 Å². The van der Waals surface area contributed by atoms with Gasteiger partial charge < -0.3 is 29.8 Å². The van der Waals surface area contributed by atoms with Gasteiger partial charge >= 0.3 is 0 Å². The van der Waals surface area contributed by atoms with Crippen LogP contribution in [-0.4, -0.2) is 80.6 Å². The van der Waals surface area contributed by atoms with Gasteiger partial charge in [-0.05, 0) is 65.6 Å². The molecule has 1 heterocycles. The van der Waals surface area contributed by atoms with E-state index in [1.165, 1.54) is 21.6 Å². The molecule has 266 valence electrons. The molecule has 0 aliphatic carbocycles. The lowest BCUT2D eigenvalue weighted by molar-refractivity contribution is -0.141. The van der Waals surface area contributed by atoms with Crippen LogP contribution in [0.4, 0.5) is 17.6 Å². The van der Waals surface area contributed by atoms with Crippen molar-refractivity contribution >= 4 is 30.2 Å². The molecule has 2 amide bonds. The number of halogens is 4. The summed E-state index contributed by atoms with van der Waals surface area (Å²) in [5.74, 6) is -11.4. The fourth-order valence-electron chi connectivity index (χ4n) is 4.20. The molecule has 48 heavy (non-hydrogen) atoms. The van der Waals surface area contributed by atoms with Gasteiger partial charge in [-0.25, -0.2) is 8.78 Å².